The first-order valence-corrected chi connectivity index (χ1v) is 15.6. The first-order valence-electron chi connectivity index (χ1n) is 13.8. The lowest BCUT2D eigenvalue weighted by molar-refractivity contribution is -0.141. The van der Waals surface area contributed by atoms with Crippen LogP contribution in [0.4, 0.5) is 13.2 Å². The molecule has 0 bridgehead atoms. The van der Waals surface area contributed by atoms with Gasteiger partial charge in [0.05, 0.1) is 10.6 Å². The summed E-state index contributed by atoms with van der Waals surface area (Å²) >= 11 is 6.11. The number of aryl methyl sites for hydroxylation is 2. The molecule has 0 radical (unpaired) electrons. The van der Waals surface area contributed by atoms with Crippen molar-refractivity contribution in [1.82, 2.24) is 19.7 Å². The van der Waals surface area contributed by atoms with Gasteiger partial charge in [-0.25, -0.2) is 8.42 Å². The van der Waals surface area contributed by atoms with Gasteiger partial charge >= 0.3 is 6.18 Å². The fourth-order valence-electron chi connectivity index (χ4n) is 6.54. The maximum absolute atomic E-state index is 14.1. The van der Waals surface area contributed by atoms with Gasteiger partial charge in [0.2, 0.25) is 0 Å². The lowest BCUT2D eigenvalue weighted by atomic mass is 9.79. The summed E-state index contributed by atoms with van der Waals surface area (Å²) < 4.78 is 68.4. The SMILES string of the molecule is CCn1nc(C)cc1C1CCN(C2CCC(c3ccc(Cl)cc3)(S(=O)(=O)c3ccc(C(F)(F)F)nc3)CC2)CC1. The minimum Gasteiger partial charge on any atom is -0.300 e. The van der Waals surface area contributed by atoms with Crippen molar-refractivity contribution in [1.29, 1.82) is 0 Å². The smallest absolute Gasteiger partial charge is 0.300 e. The van der Waals surface area contributed by atoms with Crippen molar-refractivity contribution in [3.8, 4) is 0 Å². The molecule has 1 aromatic carbocycles. The maximum atomic E-state index is 14.1. The molecule has 3 aromatic rings. The number of sulfone groups is 1. The number of alkyl halides is 3. The maximum Gasteiger partial charge on any atom is 0.433 e. The van der Waals surface area contributed by atoms with Crippen molar-refractivity contribution >= 4 is 21.4 Å². The minimum atomic E-state index is -4.64. The number of nitrogens with zero attached hydrogens (tertiary/aromatic N) is 4. The zero-order chi connectivity index (χ0) is 28.7. The Morgan fingerprint density at radius 1 is 1.02 bits per heavy atom. The highest BCUT2D eigenvalue weighted by Crippen LogP contribution is 2.48. The van der Waals surface area contributed by atoms with Crippen LogP contribution in [0.3, 0.4) is 0 Å². The molecular weight excluding hydrogens is 561 g/mol. The molecule has 0 atom stereocenters. The molecule has 2 aromatic heterocycles. The monoisotopic (exact) mass is 594 g/mol. The third kappa shape index (κ3) is 5.42. The molecular formula is C29H34ClF3N4O2S. The third-order valence-electron chi connectivity index (χ3n) is 8.68. The number of aromatic nitrogens is 3. The number of halogens is 4. The highest BCUT2D eigenvalue weighted by molar-refractivity contribution is 7.92. The molecule has 5 rings (SSSR count). The van der Waals surface area contributed by atoms with Gasteiger partial charge in [0.15, 0.2) is 9.84 Å². The quantitative estimate of drug-likeness (QED) is 0.315. The Kier molecular flexibility index (Phi) is 8.07. The standard InChI is InChI=1S/C29H34ClF3N4O2S/c1-3-37-26(18-20(2)35-37)21-12-16-36(17-13-21)24-10-14-28(15-11-24,22-4-6-23(30)7-5-22)40(38,39)25-8-9-27(34-19-25)29(31,32)33/h4-9,18-19,21,24H,3,10-17H2,1-2H3. The number of hydrogen-bond acceptors (Lipinski definition) is 5. The van der Waals surface area contributed by atoms with Crippen molar-refractivity contribution in [2.45, 2.75) is 86.7 Å². The molecule has 1 aliphatic carbocycles. The van der Waals surface area contributed by atoms with Gasteiger partial charge < -0.3 is 4.90 Å². The van der Waals surface area contributed by atoms with Crippen molar-refractivity contribution < 1.29 is 21.6 Å². The van der Waals surface area contributed by atoms with Crippen molar-refractivity contribution in [2.24, 2.45) is 0 Å². The van der Waals surface area contributed by atoms with E-state index in [-0.39, 0.29) is 10.9 Å². The molecule has 1 aliphatic heterocycles. The second kappa shape index (κ2) is 11.1. The molecule has 40 heavy (non-hydrogen) atoms. The van der Waals surface area contributed by atoms with Gasteiger partial charge in [0.1, 0.15) is 10.4 Å². The Morgan fingerprint density at radius 3 is 2.23 bits per heavy atom. The van der Waals surface area contributed by atoms with Gasteiger partial charge in [-0.05, 0) is 101 Å². The van der Waals surface area contributed by atoms with Gasteiger partial charge in [-0.15, -0.1) is 0 Å². The Hall–Kier alpha value is -2.43. The Balaban J connectivity index is 1.35. The first-order chi connectivity index (χ1) is 18.9. The van der Waals surface area contributed by atoms with E-state index in [1.807, 2.05) is 6.92 Å². The number of rotatable bonds is 6. The normalized spacial score (nSPS) is 23.4. The number of benzene rings is 1. The number of likely N-dealkylation sites (tertiary alicyclic amines) is 1. The van der Waals surface area contributed by atoms with Crippen molar-refractivity contribution in [3.63, 3.8) is 0 Å². The van der Waals surface area contributed by atoms with E-state index >= 15 is 0 Å². The number of pyridine rings is 1. The summed E-state index contributed by atoms with van der Waals surface area (Å²) in [5.74, 6) is 0.460. The lowest BCUT2D eigenvalue weighted by Gasteiger charge is -2.45. The molecule has 11 heteroatoms. The summed E-state index contributed by atoms with van der Waals surface area (Å²) in [5.41, 5.74) is 1.82. The van der Waals surface area contributed by atoms with Crippen LogP contribution in [0.1, 0.15) is 74.0 Å². The number of hydrogen-bond donors (Lipinski definition) is 0. The van der Waals surface area contributed by atoms with Crippen LogP contribution in [0.2, 0.25) is 5.02 Å². The van der Waals surface area contributed by atoms with Crippen molar-refractivity contribution in [2.75, 3.05) is 13.1 Å². The Bertz CT molecular complexity index is 1420. The summed E-state index contributed by atoms with van der Waals surface area (Å²) in [5, 5.41) is 5.10. The average molecular weight is 595 g/mol. The van der Waals surface area contributed by atoms with Crippen LogP contribution in [0.25, 0.3) is 0 Å². The molecule has 0 N–H and O–H groups in total. The summed E-state index contributed by atoms with van der Waals surface area (Å²) in [6.07, 6.45) is 0.332. The molecule has 6 nitrogen and oxygen atoms in total. The van der Waals surface area contributed by atoms with Crippen LogP contribution in [-0.2, 0) is 27.3 Å². The fourth-order valence-corrected chi connectivity index (χ4v) is 8.78. The van der Waals surface area contributed by atoms with Crippen LogP contribution in [-0.4, -0.2) is 47.2 Å². The summed E-state index contributed by atoms with van der Waals surface area (Å²) in [4.78, 5) is 5.73. The predicted octanol–water partition coefficient (Wildman–Crippen LogP) is 6.77. The van der Waals surface area contributed by atoms with E-state index in [4.69, 9.17) is 11.6 Å². The van der Waals surface area contributed by atoms with E-state index < -0.39 is 26.5 Å². The van der Waals surface area contributed by atoms with Gasteiger partial charge in [0, 0.05) is 35.4 Å². The van der Waals surface area contributed by atoms with Crippen molar-refractivity contribution in [3.05, 3.63) is 76.3 Å². The Morgan fingerprint density at radius 2 is 1.68 bits per heavy atom. The lowest BCUT2D eigenvalue weighted by Crippen LogP contribution is -2.48. The van der Waals surface area contributed by atoms with Crippen LogP contribution < -0.4 is 0 Å². The molecule has 0 spiro atoms. The molecule has 216 valence electrons. The topological polar surface area (TPSA) is 68.1 Å². The Labute approximate surface area is 238 Å². The average Bonchev–Trinajstić information content (AvgIpc) is 3.34. The molecule has 1 saturated heterocycles. The van der Waals surface area contributed by atoms with E-state index in [1.165, 1.54) is 5.69 Å². The molecule has 0 unspecified atom stereocenters. The molecule has 1 saturated carbocycles. The summed E-state index contributed by atoms with van der Waals surface area (Å²) in [6.45, 7) is 6.85. The third-order valence-corrected chi connectivity index (χ3v) is 11.5. The van der Waals surface area contributed by atoms with E-state index in [1.54, 1.807) is 24.3 Å². The van der Waals surface area contributed by atoms with Crippen LogP contribution in [0.15, 0.2) is 53.6 Å². The fraction of sp³-hybridized carbons (Fsp3) is 0.517. The van der Waals surface area contributed by atoms with E-state index in [9.17, 15) is 21.6 Å². The molecule has 2 fully saturated rings. The van der Waals surface area contributed by atoms with Crippen LogP contribution in [0.5, 0.6) is 0 Å². The summed E-state index contributed by atoms with van der Waals surface area (Å²) in [6, 6.07) is 11.0. The first kappa shape index (κ1) is 29.1. The van der Waals surface area contributed by atoms with Gasteiger partial charge in [-0.2, -0.15) is 18.3 Å². The van der Waals surface area contributed by atoms with Crippen LogP contribution >= 0.6 is 11.6 Å². The second-order valence-electron chi connectivity index (χ2n) is 10.9. The van der Waals surface area contributed by atoms with E-state index in [0.29, 0.717) is 42.2 Å². The molecule has 0 amide bonds. The van der Waals surface area contributed by atoms with Gasteiger partial charge in [-0.1, -0.05) is 23.7 Å². The van der Waals surface area contributed by atoms with E-state index in [0.717, 1.165) is 56.5 Å². The highest BCUT2D eigenvalue weighted by Gasteiger charge is 2.49. The highest BCUT2D eigenvalue weighted by atomic mass is 35.5. The predicted molar refractivity (Wildman–Crippen MR) is 148 cm³/mol. The largest absolute Gasteiger partial charge is 0.433 e. The zero-order valence-electron chi connectivity index (χ0n) is 22.7. The summed E-state index contributed by atoms with van der Waals surface area (Å²) in [7, 11) is -4.06. The molecule has 3 heterocycles. The van der Waals surface area contributed by atoms with Gasteiger partial charge in [0.25, 0.3) is 0 Å². The number of piperidine rings is 1. The second-order valence-corrected chi connectivity index (χ2v) is 13.6. The van der Waals surface area contributed by atoms with Gasteiger partial charge in [-0.3, -0.25) is 9.67 Å². The minimum absolute atomic E-state index is 0.197. The zero-order valence-corrected chi connectivity index (χ0v) is 24.2. The van der Waals surface area contributed by atoms with E-state index in [2.05, 4.69) is 32.7 Å². The van der Waals surface area contributed by atoms with Crippen LogP contribution in [0, 0.1) is 6.92 Å². The molecule has 2 aliphatic rings.